The van der Waals surface area contributed by atoms with Crippen molar-refractivity contribution in [1.29, 1.82) is 0 Å². The maximum Gasteiger partial charge on any atom is 0.434 e. The van der Waals surface area contributed by atoms with Crippen molar-refractivity contribution < 1.29 is 22.6 Å². The van der Waals surface area contributed by atoms with Crippen LogP contribution < -0.4 is 9.80 Å². The van der Waals surface area contributed by atoms with Crippen LogP contribution in [0.25, 0.3) is 11.3 Å². The lowest BCUT2D eigenvalue weighted by Crippen LogP contribution is -2.39. The van der Waals surface area contributed by atoms with Gasteiger partial charge in [-0.15, -0.1) is 0 Å². The molecule has 2 fully saturated rings. The van der Waals surface area contributed by atoms with Crippen molar-refractivity contribution in [1.82, 2.24) is 15.0 Å². The average Bonchev–Trinajstić information content (AvgIpc) is 2.74. The summed E-state index contributed by atoms with van der Waals surface area (Å²) in [6.07, 6.45) is -3.43. The zero-order chi connectivity index (χ0) is 19.6. The Balaban J connectivity index is 1.80. The molecular formula is C18H20F3N5O2. The van der Waals surface area contributed by atoms with Gasteiger partial charge in [0.15, 0.2) is 5.69 Å². The summed E-state index contributed by atoms with van der Waals surface area (Å²) < 4.78 is 51.2. The Morgan fingerprint density at radius 3 is 2.18 bits per heavy atom. The highest BCUT2D eigenvalue weighted by molar-refractivity contribution is 5.67. The van der Waals surface area contributed by atoms with Crippen LogP contribution in [0.4, 0.5) is 24.9 Å². The molecule has 2 aliphatic rings. The molecule has 2 aromatic heterocycles. The van der Waals surface area contributed by atoms with Gasteiger partial charge in [0.05, 0.1) is 32.1 Å². The second-order valence-electron chi connectivity index (χ2n) is 6.51. The van der Waals surface area contributed by atoms with E-state index in [9.17, 15) is 13.2 Å². The third-order valence-corrected chi connectivity index (χ3v) is 4.68. The van der Waals surface area contributed by atoms with E-state index in [0.29, 0.717) is 64.4 Å². The minimum absolute atomic E-state index is 0.0542. The highest BCUT2D eigenvalue weighted by Gasteiger charge is 2.36. The van der Waals surface area contributed by atoms with E-state index in [0.717, 1.165) is 6.20 Å². The van der Waals surface area contributed by atoms with E-state index in [2.05, 4.69) is 15.0 Å². The Bertz CT molecular complexity index is 785. The number of alkyl halides is 3. The third kappa shape index (κ3) is 4.02. The summed E-state index contributed by atoms with van der Waals surface area (Å²) in [7, 11) is 0. The molecule has 2 aromatic rings. The summed E-state index contributed by atoms with van der Waals surface area (Å²) in [5.74, 6) is 0.992. The lowest BCUT2D eigenvalue weighted by molar-refractivity contribution is -0.140. The normalized spacial score (nSPS) is 18.4. The van der Waals surface area contributed by atoms with Crippen LogP contribution in [0.15, 0.2) is 24.4 Å². The first kappa shape index (κ1) is 18.9. The standard InChI is InChI=1S/C18H20F3N5O2/c19-18(20,21)16-13(2-1-3-22-16)14-12-15(25-4-8-27-9-5-25)24-17(23-14)26-6-10-28-11-7-26/h1-3,12H,4-11H2. The summed E-state index contributed by atoms with van der Waals surface area (Å²) in [5, 5.41) is 0. The number of anilines is 2. The third-order valence-electron chi connectivity index (χ3n) is 4.68. The van der Waals surface area contributed by atoms with Crippen LogP contribution in [0.2, 0.25) is 0 Å². The molecule has 0 radical (unpaired) electrons. The van der Waals surface area contributed by atoms with E-state index in [1.54, 1.807) is 6.07 Å². The molecule has 4 heterocycles. The molecule has 150 valence electrons. The molecule has 7 nitrogen and oxygen atoms in total. The van der Waals surface area contributed by atoms with Crippen LogP contribution in [0.1, 0.15) is 5.69 Å². The Morgan fingerprint density at radius 2 is 1.54 bits per heavy atom. The molecule has 0 aliphatic carbocycles. The van der Waals surface area contributed by atoms with Gasteiger partial charge in [-0.3, -0.25) is 4.98 Å². The number of ether oxygens (including phenoxy) is 2. The molecule has 0 spiro atoms. The van der Waals surface area contributed by atoms with Gasteiger partial charge in [-0.1, -0.05) is 0 Å². The van der Waals surface area contributed by atoms with Crippen molar-refractivity contribution in [3.05, 3.63) is 30.1 Å². The molecule has 10 heteroatoms. The molecule has 0 saturated carbocycles. The largest absolute Gasteiger partial charge is 0.434 e. The average molecular weight is 395 g/mol. The number of aromatic nitrogens is 3. The van der Waals surface area contributed by atoms with Gasteiger partial charge in [0.1, 0.15) is 5.82 Å². The summed E-state index contributed by atoms with van der Waals surface area (Å²) in [6, 6.07) is 4.47. The minimum atomic E-state index is -4.57. The van der Waals surface area contributed by atoms with Gasteiger partial charge >= 0.3 is 6.18 Å². The van der Waals surface area contributed by atoms with Crippen molar-refractivity contribution >= 4 is 11.8 Å². The van der Waals surface area contributed by atoms with Gasteiger partial charge in [0.2, 0.25) is 5.95 Å². The Labute approximate surface area is 160 Å². The molecule has 2 saturated heterocycles. The van der Waals surface area contributed by atoms with Crippen LogP contribution in [0.3, 0.4) is 0 Å². The first-order valence-corrected chi connectivity index (χ1v) is 9.09. The number of hydrogen-bond acceptors (Lipinski definition) is 7. The number of pyridine rings is 1. The van der Waals surface area contributed by atoms with Gasteiger partial charge in [0.25, 0.3) is 0 Å². The fraction of sp³-hybridized carbons (Fsp3) is 0.500. The summed E-state index contributed by atoms with van der Waals surface area (Å²) in [6.45, 7) is 4.58. The second-order valence-corrected chi connectivity index (χ2v) is 6.51. The first-order chi connectivity index (χ1) is 13.5. The topological polar surface area (TPSA) is 63.6 Å². The van der Waals surface area contributed by atoms with Crippen molar-refractivity contribution in [2.75, 3.05) is 62.4 Å². The smallest absolute Gasteiger partial charge is 0.378 e. The van der Waals surface area contributed by atoms with E-state index in [1.807, 2.05) is 9.80 Å². The molecule has 0 atom stereocenters. The Hall–Kier alpha value is -2.46. The van der Waals surface area contributed by atoms with E-state index >= 15 is 0 Å². The van der Waals surface area contributed by atoms with Crippen molar-refractivity contribution in [3.63, 3.8) is 0 Å². The first-order valence-electron chi connectivity index (χ1n) is 9.09. The molecule has 0 unspecified atom stereocenters. The maximum atomic E-state index is 13.5. The van der Waals surface area contributed by atoms with Crippen LogP contribution >= 0.6 is 0 Å². The highest BCUT2D eigenvalue weighted by atomic mass is 19.4. The molecule has 28 heavy (non-hydrogen) atoms. The number of morpholine rings is 2. The molecule has 0 amide bonds. The number of rotatable bonds is 3. The monoisotopic (exact) mass is 395 g/mol. The molecule has 4 rings (SSSR count). The fourth-order valence-electron chi connectivity index (χ4n) is 3.26. The van der Waals surface area contributed by atoms with E-state index in [1.165, 1.54) is 12.1 Å². The SMILES string of the molecule is FC(F)(F)c1ncccc1-c1cc(N2CCOCC2)nc(N2CCOCC2)n1. The molecule has 0 bridgehead atoms. The fourth-order valence-corrected chi connectivity index (χ4v) is 3.26. The quantitative estimate of drug-likeness (QED) is 0.790. The summed E-state index contributed by atoms with van der Waals surface area (Å²) in [4.78, 5) is 16.6. The zero-order valence-corrected chi connectivity index (χ0v) is 15.2. The second kappa shape index (κ2) is 7.88. The van der Waals surface area contributed by atoms with Crippen molar-refractivity contribution in [3.8, 4) is 11.3 Å². The maximum absolute atomic E-state index is 13.5. The van der Waals surface area contributed by atoms with Crippen molar-refractivity contribution in [2.45, 2.75) is 6.18 Å². The van der Waals surface area contributed by atoms with Crippen LogP contribution in [-0.4, -0.2) is 67.6 Å². The van der Waals surface area contributed by atoms with Crippen molar-refractivity contribution in [2.24, 2.45) is 0 Å². The Morgan fingerprint density at radius 1 is 0.893 bits per heavy atom. The van der Waals surface area contributed by atoms with Gasteiger partial charge in [-0.25, -0.2) is 4.98 Å². The molecule has 0 aromatic carbocycles. The van der Waals surface area contributed by atoms with Crippen LogP contribution in [0.5, 0.6) is 0 Å². The van der Waals surface area contributed by atoms with Gasteiger partial charge in [-0.2, -0.15) is 18.2 Å². The van der Waals surface area contributed by atoms with Gasteiger partial charge in [0, 0.05) is 44.0 Å². The molecule has 2 aliphatic heterocycles. The van der Waals surface area contributed by atoms with E-state index < -0.39 is 11.9 Å². The number of halogens is 3. The predicted octanol–water partition coefficient (Wildman–Crippen LogP) is 2.23. The lowest BCUT2D eigenvalue weighted by Gasteiger charge is -2.31. The molecule has 0 N–H and O–H groups in total. The summed E-state index contributed by atoms with van der Waals surface area (Å²) in [5.41, 5.74) is -0.797. The Kier molecular flexibility index (Phi) is 5.31. The van der Waals surface area contributed by atoms with E-state index in [4.69, 9.17) is 9.47 Å². The lowest BCUT2D eigenvalue weighted by atomic mass is 10.1. The molecular weight excluding hydrogens is 375 g/mol. The number of hydrogen-bond donors (Lipinski definition) is 0. The zero-order valence-electron chi connectivity index (χ0n) is 15.2. The number of nitrogens with zero attached hydrogens (tertiary/aromatic N) is 5. The van der Waals surface area contributed by atoms with E-state index in [-0.39, 0.29) is 11.3 Å². The van der Waals surface area contributed by atoms with Crippen LogP contribution in [-0.2, 0) is 15.7 Å². The van der Waals surface area contributed by atoms with Gasteiger partial charge < -0.3 is 19.3 Å². The predicted molar refractivity (Wildman–Crippen MR) is 96.3 cm³/mol. The summed E-state index contributed by atoms with van der Waals surface area (Å²) >= 11 is 0. The minimum Gasteiger partial charge on any atom is -0.378 e. The van der Waals surface area contributed by atoms with Crippen LogP contribution in [0, 0.1) is 0 Å². The highest BCUT2D eigenvalue weighted by Crippen LogP contribution is 2.36. The van der Waals surface area contributed by atoms with Gasteiger partial charge in [-0.05, 0) is 12.1 Å².